The molecule has 0 aliphatic rings. The highest BCUT2D eigenvalue weighted by molar-refractivity contribution is 8.02. The van der Waals surface area contributed by atoms with Gasteiger partial charge in [-0.05, 0) is 38.1 Å². The number of methoxy groups -OCH3 is 1. The van der Waals surface area contributed by atoms with E-state index >= 15 is 0 Å². The molecular formula is C13H15N3O2S2. The highest BCUT2D eigenvalue weighted by Crippen LogP contribution is 2.30. The Bertz CT molecular complexity index is 584. The number of hydrogen-bond acceptors (Lipinski definition) is 7. The van der Waals surface area contributed by atoms with Gasteiger partial charge in [0, 0.05) is 5.69 Å². The number of aromatic nitrogens is 2. The van der Waals surface area contributed by atoms with Gasteiger partial charge in [-0.15, -0.1) is 10.2 Å². The molecule has 0 bridgehead atoms. The molecule has 0 spiro atoms. The average molecular weight is 309 g/mol. The molecule has 0 saturated heterocycles. The molecule has 1 N–H and O–H groups in total. The third kappa shape index (κ3) is 3.94. The number of carbonyl (C=O) groups excluding carboxylic acids is 1. The summed E-state index contributed by atoms with van der Waals surface area (Å²) in [5.74, 6) is 0.939. The van der Waals surface area contributed by atoms with Crippen LogP contribution >= 0.6 is 23.1 Å². The van der Waals surface area contributed by atoms with Gasteiger partial charge in [0.25, 0.3) is 0 Å². The molecule has 0 radical (unpaired) electrons. The minimum absolute atomic E-state index is 0.100. The molecule has 1 aromatic heterocycles. The van der Waals surface area contributed by atoms with Gasteiger partial charge < -0.3 is 10.1 Å². The highest BCUT2D eigenvalue weighted by atomic mass is 32.2. The Hall–Kier alpha value is -1.60. The van der Waals surface area contributed by atoms with Gasteiger partial charge in [-0.3, -0.25) is 4.79 Å². The lowest BCUT2D eigenvalue weighted by Crippen LogP contribution is -2.07. The van der Waals surface area contributed by atoms with Crippen LogP contribution in [0.4, 0.5) is 10.8 Å². The molecule has 2 rings (SSSR count). The summed E-state index contributed by atoms with van der Waals surface area (Å²) < 4.78 is 5.88. The van der Waals surface area contributed by atoms with Crippen LogP contribution < -0.4 is 10.1 Å². The number of ketones is 1. The van der Waals surface area contributed by atoms with E-state index in [-0.39, 0.29) is 11.0 Å². The number of nitrogens with one attached hydrogen (secondary N) is 1. The maximum absolute atomic E-state index is 11.2. The molecule has 1 atom stereocenters. The molecule has 1 heterocycles. The van der Waals surface area contributed by atoms with E-state index in [1.807, 2.05) is 31.2 Å². The van der Waals surface area contributed by atoms with Crippen molar-refractivity contribution in [3.63, 3.8) is 0 Å². The van der Waals surface area contributed by atoms with E-state index in [0.29, 0.717) is 5.13 Å². The third-order valence-corrected chi connectivity index (χ3v) is 4.74. The molecule has 0 amide bonds. The Morgan fingerprint density at radius 3 is 2.65 bits per heavy atom. The summed E-state index contributed by atoms with van der Waals surface area (Å²) in [7, 11) is 1.63. The van der Waals surface area contributed by atoms with E-state index in [1.165, 1.54) is 23.1 Å². The van der Waals surface area contributed by atoms with Crippen LogP contribution in [0.25, 0.3) is 0 Å². The summed E-state index contributed by atoms with van der Waals surface area (Å²) in [5.41, 5.74) is 0.915. The van der Waals surface area contributed by atoms with E-state index in [1.54, 1.807) is 14.0 Å². The Balaban J connectivity index is 1.99. The number of rotatable bonds is 6. The zero-order valence-corrected chi connectivity index (χ0v) is 13.0. The van der Waals surface area contributed by atoms with Gasteiger partial charge >= 0.3 is 0 Å². The molecule has 0 aliphatic carbocycles. The van der Waals surface area contributed by atoms with Crippen LogP contribution in [0.5, 0.6) is 5.75 Å². The van der Waals surface area contributed by atoms with Crippen molar-refractivity contribution >= 4 is 39.7 Å². The lowest BCUT2D eigenvalue weighted by molar-refractivity contribution is -0.116. The van der Waals surface area contributed by atoms with Crippen LogP contribution in [0.1, 0.15) is 13.8 Å². The fraction of sp³-hybridized carbons (Fsp3) is 0.308. The molecule has 2 aromatic rings. The van der Waals surface area contributed by atoms with Crippen molar-refractivity contribution in [2.75, 3.05) is 12.4 Å². The second-order valence-corrected chi connectivity index (χ2v) is 6.66. The van der Waals surface area contributed by atoms with Crippen molar-refractivity contribution < 1.29 is 9.53 Å². The van der Waals surface area contributed by atoms with Gasteiger partial charge in [-0.2, -0.15) is 0 Å². The number of benzene rings is 1. The van der Waals surface area contributed by atoms with E-state index in [2.05, 4.69) is 15.5 Å². The monoisotopic (exact) mass is 309 g/mol. The Kier molecular flexibility index (Phi) is 4.97. The van der Waals surface area contributed by atoms with E-state index in [9.17, 15) is 4.79 Å². The van der Waals surface area contributed by atoms with Gasteiger partial charge in [-0.25, -0.2) is 0 Å². The predicted molar refractivity (Wildman–Crippen MR) is 82.2 cm³/mol. The van der Waals surface area contributed by atoms with Crippen molar-refractivity contribution in [2.24, 2.45) is 0 Å². The van der Waals surface area contributed by atoms with Crippen molar-refractivity contribution in [1.82, 2.24) is 10.2 Å². The topological polar surface area (TPSA) is 64.1 Å². The molecule has 0 saturated carbocycles. The zero-order valence-electron chi connectivity index (χ0n) is 11.4. The summed E-state index contributed by atoms with van der Waals surface area (Å²) >= 11 is 2.85. The molecule has 106 valence electrons. The highest BCUT2D eigenvalue weighted by Gasteiger charge is 2.13. The lowest BCUT2D eigenvalue weighted by Gasteiger charge is -2.03. The van der Waals surface area contributed by atoms with Crippen molar-refractivity contribution in [2.45, 2.75) is 23.4 Å². The van der Waals surface area contributed by atoms with Gasteiger partial charge in [0.2, 0.25) is 5.13 Å². The molecular weight excluding hydrogens is 294 g/mol. The maximum atomic E-state index is 11.2. The SMILES string of the molecule is COc1ccc(Nc2nnc(S[C@H](C)C(C)=O)s2)cc1. The van der Waals surface area contributed by atoms with Gasteiger partial charge in [0.05, 0.1) is 12.4 Å². The van der Waals surface area contributed by atoms with Crippen LogP contribution in [0.15, 0.2) is 28.6 Å². The van der Waals surface area contributed by atoms with E-state index < -0.39 is 0 Å². The summed E-state index contributed by atoms with van der Waals surface area (Å²) in [5, 5.41) is 11.9. The summed E-state index contributed by atoms with van der Waals surface area (Å²) in [6.07, 6.45) is 0. The first-order valence-corrected chi connectivity index (χ1v) is 7.70. The number of Topliss-reactive ketones (excluding diaryl/α,β-unsaturated/α-hetero) is 1. The number of thioether (sulfide) groups is 1. The van der Waals surface area contributed by atoms with Gasteiger partial charge in [0.15, 0.2) is 4.34 Å². The molecule has 20 heavy (non-hydrogen) atoms. The average Bonchev–Trinajstić information content (AvgIpc) is 2.86. The minimum Gasteiger partial charge on any atom is -0.497 e. The number of ether oxygens (including phenoxy) is 1. The van der Waals surface area contributed by atoms with Crippen LogP contribution in [0.3, 0.4) is 0 Å². The normalized spacial score (nSPS) is 11.9. The maximum Gasteiger partial charge on any atom is 0.210 e. The number of nitrogens with zero attached hydrogens (tertiary/aromatic N) is 2. The first-order chi connectivity index (χ1) is 9.58. The number of carbonyl (C=O) groups is 1. The van der Waals surface area contributed by atoms with Crippen molar-refractivity contribution in [3.8, 4) is 5.75 Å². The van der Waals surface area contributed by atoms with Gasteiger partial charge in [-0.1, -0.05) is 23.1 Å². The van der Waals surface area contributed by atoms with Crippen LogP contribution in [-0.4, -0.2) is 28.3 Å². The largest absolute Gasteiger partial charge is 0.497 e. The molecule has 1 aromatic carbocycles. The molecule has 5 nitrogen and oxygen atoms in total. The van der Waals surface area contributed by atoms with Crippen molar-refractivity contribution in [1.29, 1.82) is 0 Å². The molecule has 7 heteroatoms. The van der Waals surface area contributed by atoms with Crippen LogP contribution in [0, 0.1) is 0 Å². The molecule has 0 unspecified atom stereocenters. The summed E-state index contributed by atoms with van der Waals surface area (Å²) in [6.45, 7) is 3.44. The number of anilines is 2. The Morgan fingerprint density at radius 1 is 1.35 bits per heavy atom. The standard InChI is InChI=1S/C13H15N3O2S2/c1-8(17)9(2)19-13-16-15-12(20-13)14-10-4-6-11(18-3)7-5-10/h4-7,9H,1-3H3,(H,14,15)/t9-/m1/s1. The quantitative estimate of drug-likeness (QED) is 0.826. The minimum atomic E-state index is -0.100. The smallest absolute Gasteiger partial charge is 0.210 e. The number of hydrogen-bond donors (Lipinski definition) is 1. The Morgan fingerprint density at radius 2 is 2.05 bits per heavy atom. The zero-order chi connectivity index (χ0) is 14.5. The van der Waals surface area contributed by atoms with Crippen molar-refractivity contribution in [3.05, 3.63) is 24.3 Å². The van der Waals surface area contributed by atoms with Crippen LogP contribution in [-0.2, 0) is 4.79 Å². The first-order valence-electron chi connectivity index (χ1n) is 6.00. The fourth-order valence-electron chi connectivity index (χ4n) is 1.34. The summed E-state index contributed by atoms with van der Waals surface area (Å²) in [6, 6.07) is 7.56. The molecule has 0 aliphatic heterocycles. The summed E-state index contributed by atoms with van der Waals surface area (Å²) in [4.78, 5) is 11.2. The molecule has 0 fully saturated rings. The van der Waals surface area contributed by atoms with E-state index in [0.717, 1.165) is 15.8 Å². The Labute approximate surface area is 125 Å². The van der Waals surface area contributed by atoms with E-state index in [4.69, 9.17) is 4.74 Å². The lowest BCUT2D eigenvalue weighted by atomic mass is 10.3. The van der Waals surface area contributed by atoms with Crippen LogP contribution in [0.2, 0.25) is 0 Å². The fourth-order valence-corrected chi connectivity index (χ4v) is 3.26. The second-order valence-electron chi connectivity index (χ2n) is 4.10. The van der Waals surface area contributed by atoms with Gasteiger partial charge in [0.1, 0.15) is 11.5 Å². The second kappa shape index (κ2) is 6.71. The predicted octanol–water partition coefficient (Wildman–Crippen LogP) is 3.36. The first kappa shape index (κ1) is 14.8. The third-order valence-electron chi connectivity index (χ3n) is 2.60.